The first-order valence-electron chi connectivity index (χ1n) is 5.08. The van der Waals surface area contributed by atoms with Gasteiger partial charge in [-0.15, -0.1) is 0 Å². The topological polar surface area (TPSA) is 60.2 Å². The van der Waals surface area contributed by atoms with Crippen molar-refractivity contribution < 1.29 is 21.6 Å². The van der Waals surface area contributed by atoms with E-state index in [1.165, 1.54) is 13.8 Å². The van der Waals surface area contributed by atoms with Crippen LogP contribution in [0.2, 0.25) is 0 Å². The lowest BCUT2D eigenvalue weighted by molar-refractivity contribution is 0.422. The Bertz CT molecular complexity index is 570. The molecule has 0 radical (unpaired) electrons. The molecule has 0 saturated heterocycles. The number of benzene rings is 1. The van der Waals surface area contributed by atoms with Crippen LogP contribution in [0.1, 0.15) is 25.5 Å². The Morgan fingerprint density at radius 1 is 1.17 bits per heavy atom. The highest BCUT2D eigenvalue weighted by Crippen LogP contribution is 2.32. The van der Waals surface area contributed by atoms with Gasteiger partial charge in [0, 0.05) is 11.8 Å². The molecule has 0 aliphatic rings. The fourth-order valence-corrected chi connectivity index (χ4v) is 1.97. The lowest BCUT2D eigenvalue weighted by Crippen LogP contribution is -2.42. The first-order valence-corrected chi connectivity index (χ1v) is 6.98. The van der Waals surface area contributed by atoms with E-state index in [0.717, 1.165) is 12.3 Å². The maximum atomic E-state index is 13.5. The van der Waals surface area contributed by atoms with E-state index in [2.05, 4.69) is 0 Å². The monoisotopic (exact) mass is 281 g/mol. The largest absolute Gasteiger partial charge is 0.323 e. The normalized spacial score (nSPS) is 14.6. The van der Waals surface area contributed by atoms with Crippen LogP contribution in [0.25, 0.3) is 0 Å². The zero-order valence-corrected chi connectivity index (χ0v) is 11.0. The van der Waals surface area contributed by atoms with Crippen molar-refractivity contribution in [2.75, 3.05) is 6.26 Å². The molecule has 1 aromatic carbocycles. The number of nitrogens with two attached hydrogens (primary N) is 1. The zero-order valence-electron chi connectivity index (χ0n) is 10.2. The summed E-state index contributed by atoms with van der Waals surface area (Å²) in [6.07, 6.45) is 0.949. The van der Waals surface area contributed by atoms with Crippen molar-refractivity contribution in [1.82, 2.24) is 0 Å². The molecule has 0 aliphatic heterocycles. The second kappa shape index (κ2) is 4.55. The van der Waals surface area contributed by atoms with Crippen LogP contribution >= 0.6 is 0 Å². The van der Waals surface area contributed by atoms with Crippen LogP contribution < -0.4 is 5.73 Å². The second-order valence-corrected chi connectivity index (χ2v) is 7.21. The molecule has 1 rings (SSSR count). The van der Waals surface area contributed by atoms with Crippen molar-refractivity contribution >= 4 is 9.84 Å². The Morgan fingerprint density at radius 2 is 1.67 bits per heavy atom. The van der Waals surface area contributed by atoms with Gasteiger partial charge in [-0.1, -0.05) is 6.07 Å². The molecular formula is C11H14F3NO2S. The van der Waals surface area contributed by atoms with Gasteiger partial charge in [0.25, 0.3) is 0 Å². The van der Waals surface area contributed by atoms with Crippen molar-refractivity contribution in [1.29, 1.82) is 0 Å². The average molecular weight is 281 g/mol. The summed E-state index contributed by atoms with van der Waals surface area (Å²) < 4.78 is 61.0. The highest BCUT2D eigenvalue weighted by molar-refractivity contribution is 7.92. The van der Waals surface area contributed by atoms with Crippen LogP contribution in [0.3, 0.4) is 0 Å². The number of rotatable bonds is 3. The molecule has 18 heavy (non-hydrogen) atoms. The molecule has 1 atom stereocenters. The van der Waals surface area contributed by atoms with Crippen molar-refractivity contribution in [2.45, 2.75) is 24.6 Å². The van der Waals surface area contributed by atoms with Gasteiger partial charge < -0.3 is 5.73 Å². The molecule has 0 aliphatic carbocycles. The first-order chi connectivity index (χ1) is 8.00. The molecule has 0 saturated carbocycles. The number of halogens is 3. The summed E-state index contributed by atoms with van der Waals surface area (Å²) in [5.41, 5.74) is 5.30. The van der Waals surface area contributed by atoms with Gasteiger partial charge in [0.15, 0.2) is 27.3 Å². The minimum absolute atomic E-state index is 0.371. The van der Waals surface area contributed by atoms with E-state index in [1.807, 2.05) is 0 Å². The zero-order chi connectivity index (χ0) is 14.3. The van der Waals surface area contributed by atoms with Crippen LogP contribution in [-0.4, -0.2) is 19.4 Å². The van der Waals surface area contributed by atoms with E-state index in [-0.39, 0.29) is 5.56 Å². The van der Waals surface area contributed by atoms with Gasteiger partial charge in [-0.3, -0.25) is 0 Å². The highest BCUT2D eigenvalue weighted by Gasteiger charge is 2.39. The first kappa shape index (κ1) is 15.0. The molecule has 1 unspecified atom stereocenters. The van der Waals surface area contributed by atoms with Crippen molar-refractivity contribution in [3.05, 3.63) is 35.1 Å². The maximum Gasteiger partial charge on any atom is 0.194 e. The third-order valence-corrected chi connectivity index (χ3v) is 5.27. The SMILES string of the molecule is CC(C)(C(N)c1ccc(F)c(F)c1F)S(C)(=O)=O. The molecule has 3 nitrogen and oxygen atoms in total. The van der Waals surface area contributed by atoms with Crippen molar-refractivity contribution in [3.8, 4) is 0 Å². The minimum atomic E-state index is -3.60. The number of sulfone groups is 1. The summed E-state index contributed by atoms with van der Waals surface area (Å²) in [5.74, 6) is -4.47. The van der Waals surface area contributed by atoms with Crippen LogP contribution in [-0.2, 0) is 9.84 Å². The summed E-state index contributed by atoms with van der Waals surface area (Å²) >= 11 is 0. The minimum Gasteiger partial charge on any atom is -0.323 e. The third kappa shape index (κ3) is 2.37. The number of hydrogen-bond donors (Lipinski definition) is 1. The Balaban J connectivity index is 3.37. The van der Waals surface area contributed by atoms with Gasteiger partial charge in [0.2, 0.25) is 0 Å². The molecule has 0 aromatic heterocycles. The number of hydrogen-bond acceptors (Lipinski definition) is 3. The molecule has 0 spiro atoms. The average Bonchev–Trinajstić information content (AvgIpc) is 2.24. The van der Waals surface area contributed by atoms with Crippen molar-refractivity contribution in [2.24, 2.45) is 5.73 Å². The molecule has 0 fully saturated rings. The Hall–Kier alpha value is -1.08. The van der Waals surface area contributed by atoms with Gasteiger partial charge in [0.05, 0.1) is 10.8 Å². The molecular weight excluding hydrogens is 267 g/mol. The molecule has 2 N–H and O–H groups in total. The Labute approximate surface area is 104 Å². The van der Waals surface area contributed by atoms with E-state index in [4.69, 9.17) is 5.73 Å². The van der Waals surface area contributed by atoms with Gasteiger partial charge in [-0.2, -0.15) is 0 Å². The van der Waals surface area contributed by atoms with Gasteiger partial charge in [-0.25, -0.2) is 21.6 Å². The van der Waals surface area contributed by atoms with Crippen molar-refractivity contribution in [3.63, 3.8) is 0 Å². The molecule has 0 amide bonds. The van der Waals surface area contributed by atoms with E-state index in [9.17, 15) is 21.6 Å². The van der Waals surface area contributed by atoms with E-state index >= 15 is 0 Å². The molecule has 1 aromatic rings. The lowest BCUT2D eigenvalue weighted by Gasteiger charge is -2.30. The maximum absolute atomic E-state index is 13.5. The smallest absolute Gasteiger partial charge is 0.194 e. The van der Waals surface area contributed by atoms with E-state index in [0.29, 0.717) is 6.07 Å². The van der Waals surface area contributed by atoms with Gasteiger partial charge in [0.1, 0.15) is 0 Å². The van der Waals surface area contributed by atoms with Crippen LogP contribution in [0, 0.1) is 17.5 Å². The van der Waals surface area contributed by atoms with Gasteiger partial charge >= 0.3 is 0 Å². The molecule has 102 valence electrons. The summed E-state index contributed by atoms with van der Waals surface area (Å²) in [6, 6.07) is 0.361. The standard InChI is InChI=1S/C11H14F3NO2S/c1-11(2,18(3,16)17)10(15)6-4-5-7(12)9(14)8(6)13/h4-5,10H,15H2,1-3H3. The molecule has 7 heteroatoms. The lowest BCUT2D eigenvalue weighted by atomic mass is 9.95. The Kier molecular flexibility index (Phi) is 3.78. The van der Waals surface area contributed by atoms with E-state index in [1.54, 1.807) is 0 Å². The third-order valence-electron chi connectivity index (χ3n) is 3.10. The van der Waals surface area contributed by atoms with Gasteiger partial charge in [-0.05, 0) is 19.9 Å². The molecule has 0 bridgehead atoms. The summed E-state index contributed by atoms with van der Waals surface area (Å²) in [4.78, 5) is 0. The highest BCUT2D eigenvalue weighted by atomic mass is 32.2. The van der Waals surface area contributed by atoms with Crippen LogP contribution in [0.5, 0.6) is 0 Å². The quantitative estimate of drug-likeness (QED) is 0.861. The van der Waals surface area contributed by atoms with Crippen LogP contribution in [0.4, 0.5) is 13.2 Å². The second-order valence-electron chi connectivity index (χ2n) is 4.62. The van der Waals surface area contributed by atoms with E-state index < -0.39 is 38.1 Å². The van der Waals surface area contributed by atoms with Crippen LogP contribution in [0.15, 0.2) is 12.1 Å². The summed E-state index contributed by atoms with van der Waals surface area (Å²) in [5, 5.41) is 0. The molecule has 0 heterocycles. The predicted molar refractivity (Wildman–Crippen MR) is 62.2 cm³/mol. The fraction of sp³-hybridized carbons (Fsp3) is 0.455. The predicted octanol–water partition coefficient (Wildman–Crippen LogP) is 1.93. The summed E-state index contributed by atoms with van der Waals surface area (Å²) in [7, 11) is -3.60. The Morgan fingerprint density at radius 3 is 2.11 bits per heavy atom. The summed E-state index contributed by atoms with van der Waals surface area (Å²) in [6.45, 7) is 2.60. The fourth-order valence-electron chi connectivity index (χ4n) is 1.39.